The Morgan fingerprint density at radius 1 is 1.39 bits per heavy atom. The van der Waals surface area contributed by atoms with Crippen LogP contribution in [0.5, 0.6) is 0 Å². The van der Waals surface area contributed by atoms with Gasteiger partial charge in [0, 0.05) is 25.0 Å². The highest BCUT2D eigenvalue weighted by Gasteiger charge is 2.24. The van der Waals surface area contributed by atoms with E-state index in [1.807, 2.05) is 18.5 Å². The monoisotopic (exact) mass is 244 g/mol. The molecular weight excluding hydrogens is 224 g/mol. The normalized spacial score (nSPS) is 25.4. The number of aromatic nitrogens is 2. The van der Waals surface area contributed by atoms with E-state index in [9.17, 15) is 0 Å². The lowest BCUT2D eigenvalue weighted by molar-refractivity contribution is 0.206. The lowest BCUT2D eigenvalue weighted by atomic mass is 9.94. The summed E-state index contributed by atoms with van der Waals surface area (Å²) in [6.07, 6.45) is 5.05. The number of rotatable bonds is 2. The van der Waals surface area contributed by atoms with Gasteiger partial charge in [-0.15, -0.1) is 0 Å². The average molecular weight is 244 g/mol. The van der Waals surface area contributed by atoms with Gasteiger partial charge >= 0.3 is 0 Å². The Labute approximate surface area is 108 Å². The first kappa shape index (κ1) is 11.5. The van der Waals surface area contributed by atoms with Crippen LogP contribution in [0.4, 0.5) is 5.82 Å². The standard InChI is InChI=1S/C14H20N4/c1-11-10-17(2)8-6-12(11)16-14-5-3-4-13-15-7-9-18(13)14/h3-5,7,9,11-12,16H,6,8,10H2,1-2H3. The summed E-state index contributed by atoms with van der Waals surface area (Å²) in [6.45, 7) is 4.65. The molecule has 0 amide bonds. The van der Waals surface area contributed by atoms with Crippen molar-refractivity contribution in [3.8, 4) is 0 Å². The Bertz CT molecular complexity index is 533. The van der Waals surface area contributed by atoms with Gasteiger partial charge < -0.3 is 10.2 Å². The van der Waals surface area contributed by atoms with Crippen LogP contribution in [0, 0.1) is 5.92 Å². The third kappa shape index (κ3) is 2.08. The zero-order valence-electron chi connectivity index (χ0n) is 11.0. The average Bonchev–Trinajstić information content (AvgIpc) is 2.82. The van der Waals surface area contributed by atoms with Crippen molar-refractivity contribution in [3.05, 3.63) is 30.6 Å². The quantitative estimate of drug-likeness (QED) is 0.878. The fraction of sp³-hybridized carbons (Fsp3) is 0.500. The van der Waals surface area contributed by atoms with Crippen LogP contribution in [0.15, 0.2) is 30.6 Å². The zero-order chi connectivity index (χ0) is 12.5. The van der Waals surface area contributed by atoms with E-state index in [0.29, 0.717) is 12.0 Å². The summed E-state index contributed by atoms with van der Waals surface area (Å²) in [5, 5.41) is 3.68. The Hall–Kier alpha value is -1.55. The highest BCUT2D eigenvalue weighted by molar-refractivity contribution is 5.50. The number of anilines is 1. The van der Waals surface area contributed by atoms with Crippen molar-refractivity contribution < 1.29 is 0 Å². The van der Waals surface area contributed by atoms with Gasteiger partial charge in [0.15, 0.2) is 0 Å². The van der Waals surface area contributed by atoms with Crippen LogP contribution in [0.25, 0.3) is 5.65 Å². The third-order valence-electron chi connectivity index (χ3n) is 3.87. The first-order valence-corrected chi connectivity index (χ1v) is 6.61. The molecule has 4 heteroatoms. The molecule has 0 saturated carbocycles. The summed E-state index contributed by atoms with van der Waals surface area (Å²) in [7, 11) is 2.20. The number of piperidine rings is 1. The molecule has 1 aliphatic heterocycles. The highest BCUT2D eigenvalue weighted by Crippen LogP contribution is 2.21. The molecule has 0 aliphatic carbocycles. The van der Waals surface area contributed by atoms with Crippen molar-refractivity contribution in [2.24, 2.45) is 5.92 Å². The third-order valence-corrected chi connectivity index (χ3v) is 3.87. The molecule has 2 aromatic heterocycles. The van der Waals surface area contributed by atoms with Crippen molar-refractivity contribution in [1.82, 2.24) is 14.3 Å². The van der Waals surface area contributed by atoms with Gasteiger partial charge in [-0.1, -0.05) is 13.0 Å². The van der Waals surface area contributed by atoms with Gasteiger partial charge in [0.1, 0.15) is 11.5 Å². The highest BCUT2D eigenvalue weighted by atomic mass is 15.2. The number of hydrogen-bond acceptors (Lipinski definition) is 3. The molecular formula is C14H20N4. The molecule has 1 fully saturated rings. The van der Waals surface area contributed by atoms with Crippen LogP contribution >= 0.6 is 0 Å². The Kier molecular flexibility index (Phi) is 2.96. The predicted molar refractivity (Wildman–Crippen MR) is 73.9 cm³/mol. The molecule has 3 rings (SSSR count). The second-order valence-corrected chi connectivity index (χ2v) is 5.35. The molecule has 3 heterocycles. The van der Waals surface area contributed by atoms with Gasteiger partial charge in [-0.2, -0.15) is 0 Å². The molecule has 0 radical (unpaired) electrons. The second kappa shape index (κ2) is 4.61. The number of likely N-dealkylation sites (tertiary alicyclic amines) is 1. The lowest BCUT2D eigenvalue weighted by Crippen LogP contribution is -2.43. The first-order chi connectivity index (χ1) is 8.74. The van der Waals surface area contributed by atoms with Crippen LogP contribution in [0.2, 0.25) is 0 Å². The van der Waals surface area contributed by atoms with E-state index in [-0.39, 0.29) is 0 Å². The summed E-state index contributed by atoms with van der Waals surface area (Å²) in [5.74, 6) is 1.81. The minimum absolute atomic E-state index is 0.550. The molecule has 2 atom stereocenters. The van der Waals surface area contributed by atoms with E-state index < -0.39 is 0 Å². The summed E-state index contributed by atoms with van der Waals surface area (Å²) in [4.78, 5) is 6.72. The molecule has 18 heavy (non-hydrogen) atoms. The van der Waals surface area contributed by atoms with Crippen LogP contribution in [-0.4, -0.2) is 40.5 Å². The summed E-state index contributed by atoms with van der Waals surface area (Å²) in [6, 6.07) is 6.77. The maximum Gasteiger partial charge on any atom is 0.138 e. The van der Waals surface area contributed by atoms with Crippen molar-refractivity contribution in [2.45, 2.75) is 19.4 Å². The molecule has 2 aromatic rings. The van der Waals surface area contributed by atoms with Gasteiger partial charge in [-0.25, -0.2) is 4.98 Å². The first-order valence-electron chi connectivity index (χ1n) is 6.61. The summed E-state index contributed by atoms with van der Waals surface area (Å²) in [5.41, 5.74) is 1.00. The number of nitrogens with zero attached hydrogens (tertiary/aromatic N) is 3. The SMILES string of the molecule is CC1CN(C)CCC1Nc1cccc2nccn12. The minimum atomic E-state index is 0.550. The van der Waals surface area contributed by atoms with E-state index in [4.69, 9.17) is 0 Å². The van der Waals surface area contributed by atoms with Gasteiger partial charge in [0.25, 0.3) is 0 Å². The maximum atomic E-state index is 4.32. The number of hydrogen-bond donors (Lipinski definition) is 1. The fourth-order valence-corrected chi connectivity index (χ4v) is 2.82. The van der Waals surface area contributed by atoms with E-state index in [1.54, 1.807) is 0 Å². The molecule has 1 aliphatic rings. The van der Waals surface area contributed by atoms with Crippen molar-refractivity contribution in [1.29, 1.82) is 0 Å². The Balaban J connectivity index is 1.82. The van der Waals surface area contributed by atoms with E-state index in [0.717, 1.165) is 18.0 Å². The number of fused-ring (bicyclic) bond motifs is 1. The molecule has 96 valence electrons. The molecule has 1 N–H and O–H groups in total. The largest absolute Gasteiger partial charge is 0.368 e. The second-order valence-electron chi connectivity index (χ2n) is 5.35. The Morgan fingerprint density at radius 3 is 3.11 bits per heavy atom. The predicted octanol–water partition coefficient (Wildman–Crippen LogP) is 2.09. The number of nitrogens with one attached hydrogen (secondary N) is 1. The number of pyridine rings is 1. The molecule has 2 unspecified atom stereocenters. The van der Waals surface area contributed by atoms with Gasteiger partial charge in [0.05, 0.1) is 0 Å². The van der Waals surface area contributed by atoms with Crippen molar-refractivity contribution >= 4 is 11.5 Å². The summed E-state index contributed by atoms with van der Waals surface area (Å²) >= 11 is 0. The molecule has 0 aromatic carbocycles. The van der Waals surface area contributed by atoms with Crippen LogP contribution in [0.3, 0.4) is 0 Å². The summed E-state index contributed by atoms with van der Waals surface area (Å²) < 4.78 is 2.12. The van der Waals surface area contributed by atoms with Crippen molar-refractivity contribution in [2.75, 3.05) is 25.5 Å². The Morgan fingerprint density at radius 2 is 2.28 bits per heavy atom. The molecule has 0 spiro atoms. The van der Waals surface area contributed by atoms with E-state index >= 15 is 0 Å². The van der Waals surface area contributed by atoms with E-state index in [2.05, 4.69) is 45.7 Å². The number of imidazole rings is 1. The zero-order valence-corrected chi connectivity index (χ0v) is 11.0. The topological polar surface area (TPSA) is 32.6 Å². The smallest absolute Gasteiger partial charge is 0.138 e. The van der Waals surface area contributed by atoms with Gasteiger partial charge in [-0.05, 0) is 38.1 Å². The van der Waals surface area contributed by atoms with Crippen LogP contribution < -0.4 is 5.32 Å². The van der Waals surface area contributed by atoms with Crippen LogP contribution in [0.1, 0.15) is 13.3 Å². The maximum absolute atomic E-state index is 4.32. The van der Waals surface area contributed by atoms with E-state index in [1.165, 1.54) is 13.0 Å². The van der Waals surface area contributed by atoms with Crippen LogP contribution in [-0.2, 0) is 0 Å². The van der Waals surface area contributed by atoms with Gasteiger partial charge in [-0.3, -0.25) is 4.40 Å². The van der Waals surface area contributed by atoms with Gasteiger partial charge in [0.2, 0.25) is 0 Å². The molecule has 1 saturated heterocycles. The minimum Gasteiger partial charge on any atom is -0.368 e. The molecule has 4 nitrogen and oxygen atoms in total. The fourth-order valence-electron chi connectivity index (χ4n) is 2.82. The molecule has 0 bridgehead atoms. The van der Waals surface area contributed by atoms with Crippen molar-refractivity contribution in [3.63, 3.8) is 0 Å². The lowest BCUT2D eigenvalue weighted by Gasteiger charge is -2.35.